The van der Waals surface area contributed by atoms with E-state index in [1.54, 1.807) is 18.5 Å². The molecule has 12 heteroatoms. The lowest BCUT2D eigenvalue weighted by atomic mass is 9.83. The number of likely N-dealkylation sites (N-methyl/N-ethyl adjacent to an activating group) is 1. The Morgan fingerprint density at radius 1 is 1.16 bits per heavy atom. The minimum Gasteiger partial charge on any atom is -0.363 e. The van der Waals surface area contributed by atoms with Gasteiger partial charge >= 0.3 is 6.18 Å². The molecule has 2 amide bonds. The molecule has 0 bridgehead atoms. The number of amides is 2. The number of carbonyl (C=O) groups is 2. The highest BCUT2D eigenvalue weighted by atomic mass is 19.4. The Balaban J connectivity index is 1.44. The number of dihydropyridines is 1. The molecule has 9 nitrogen and oxygen atoms in total. The molecule has 0 aromatic carbocycles. The predicted molar refractivity (Wildman–Crippen MR) is 155 cm³/mol. The van der Waals surface area contributed by atoms with Crippen molar-refractivity contribution in [3.05, 3.63) is 53.6 Å². The second-order valence-electron chi connectivity index (χ2n) is 12.1. The number of nitrogens with zero attached hydrogens (tertiary/aromatic N) is 4. The molecular weight excluding hydrogens is 561 g/mol. The van der Waals surface area contributed by atoms with Crippen LogP contribution >= 0.6 is 0 Å². The minimum absolute atomic E-state index is 0.144. The van der Waals surface area contributed by atoms with Gasteiger partial charge in [-0.25, -0.2) is 0 Å². The van der Waals surface area contributed by atoms with Crippen molar-refractivity contribution in [1.82, 2.24) is 30.3 Å². The lowest BCUT2D eigenvalue weighted by Gasteiger charge is -2.47. The summed E-state index contributed by atoms with van der Waals surface area (Å²) in [5.41, 5.74) is -1.74. The molecule has 2 N–H and O–H groups in total. The van der Waals surface area contributed by atoms with Crippen LogP contribution in [0.2, 0.25) is 0 Å². The van der Waals surface area contributed by atoms with Crippen molar-refractivity contribution in [2.45, 2.75) is 76.4 Å². The summed E-state index contributed by atoms with van der Waals surface area (Å²) in [6, 6.07) is 3.67. The Bertz CT molecular complexity index is 1230. The summed E-state index contributed by atoms with van der Waals surface area (Å²) in [5, 5.41) is 6.47. The maximum Gasteiger partial charge on any atom is 0.403 e. The number of hydrogen-bond donors (Lipinski definition) is 2. The van der Waals surface area contributed by atoms with Crippen LogP contribution in [0, 0.1) is 5.41 Å². The number of carbonyl (C=O) groups excluding carboxylic acids is 2. The number of piperazine rings is 1. The van der Waals surface area contributed by atoms with Gasteiger partial charge in [0.2, 0.25) is 5.91 Å². The molecule has 3 fully saturated rings. The Kier molecular flexibility index (Phi) is 9.08. The van der Waals surface area contributed by atoms with Gasteiger partial charge in [0, 0.05) is 62.8 Å². The van der Waals surface area contributed by atoms with Crippen LogP contribution in [-0.2, 0) is 20.1 Å². The topological polar surface area (TPSA) is 90.0 Å². The van der Waals surface area contributed by atoms with Gasteiger partial charge in [0.15, 0.2) is 5.72 Å². The maximum atomic E-state index is 14.2. The first-order chi connectivity index (χ1) is 20.5. The molecule has 5 rings (SSSR count). The van der Waals surface area contributed by atoms with Crippen LogP contribution in [0.1, 0.15) is 57.9 Å². The zero-order chi connectivity index (χ0) is 30.8. The second kappa shape index (κ2) is 12.5. The van der Waals surface area contributed by atoms with E-state index in [9.17, 15) is 22.8 Å². The fraction of sp³-hybridized carbons (Fsp3) is 0.645. The first-order valence-electron chi connectivity index (χ1n) is 15.4. The zero-order valence-electron chi connectivity index (χ0n) is 25.3. The molecule has 1 aromatic rings. The lowest BCUT2D eigenvalue weighted by molar-refractivity contribution is -0.226. The monoisotopic (exact) mass is 604 g/mol. The van der Waals surface area contributed by atoms with E-state index in [2.05, 4.69) is 20.5 Å². The fourth-order valence-electron chi connectivity index (χ4n) is 6.86. The quantitative estimate of drug-likeness (QED) is 0.446. The van der Waals surface area contributed by atoms with Gasteiger partial charge in [0.05, 0.1) is 5.70 Å². The molecule has 0 spiro atoms. The first kappa shape index (κ1) is 31.3. The molecule has 0 radical (unpaired) electrons. The molecule has 1 saturated carbocycles. The summed E-state index contributed by atoms with van der Waals surface area (Å²) in [5.74, 6) is -1.10. The number of nitrogens with one attached hydrogen (secondary N) is 2. The van der Waals surface area contributed by atoms with E-state index in [1.165, 1.54) is 4.90 Å². The minimum atomic E-state index is -4.58. The molecule has 4 heterocycles. The van der Waals surface area contributed by atoms with E-state index < -0.39 is 23.2 Å². The Morgan fingerprint density at radius 2 is 1.93 bits per heavy atom. The third-order valence-corrected chi connectivity index (χ3v) is 9.63. The first-order valence-corrected chi connectivity index (χ1v) is 15.4. The molecule has 236 valence electrons. The smallest absolute Gasteiger partial charge is 0.363 e. The second-order valence-corrected chi connectivity index (χ2v) is 12.1. The third-order valence-electron chi connectivity index (χ3n) is 9.63. The Labute approximate surface area is 251 Å². The van der Waals surface area contributed by atoms with Gasteiger partial charge in [-0.05, 0) is 64.4 Å². The number of pyridine rings is 1. The van der Waals surface area contributed by atoms with Gasteiger partial charge in [-0.15, -0.1) is 0 Å². The molecule has 1 aliphatic carbocycles. The maximum absolute atomic E-state index is 14.2. The van der Waals surface area contributed by atoms with Crippen molar-refractivity contribution in [2.75, 3.05) is 46.4 Å². The molecule has 4 aliphatic rings. The lowest BCUT2D eigenvalue weighted by Crippen LogP contribution is -2.60. The van der Waals surface area contributed by atoms with Crippen LogP contribution < -0.4 is 10.6 Å². The summed E-state index contributed by atoms with van der Waals surface area (Å²) in [6.45, 7) is 6.27. The van der Waals surface area contributed by atoms with Crippen molar-refractivity contribution < 1.29 is 27.5 Å². The van der Waals surface area contributed by atoms with Crippen molar-refractivity contribution in [1.29, 1.82) is 0 Å². The van der Waals surface area contributed by atoms with Crippen molar-refractivity contribution in [3.63, 3.8) is 0 Å². The Morgan fingerprint density at radius 3 is 2.51 bits per heavy atom. The molecular formula is C31H43F3N6O3. The zero-order valence-corrected chi connectivity index (χ0v) is 25.3. The summed E-state index contributed by atoms with van der Waals surface area (Å²) in [7, 11) is 2.02. The van der Waals surface area contributed by atoms with E-state index in [4.69, 9.17) is 4.74 Å². The molecule has 2 saturated heterocycles. The van der Waals surface area contributed by atoms with E-state index in [0.29, 0.717) is 50.4 Å². The van der Waals surface area contributed by atoms with E-state index in [0.717, 1.165) is 18.5 Å². The molecule has 43 heavy (non-hydrogen) atoms. The average molecular weight is 605 g/mol. The van der Waals surface area contributed by atoms with Crippen LogP contribution in [0.15, 0.2) is 48.1 Å². The van der Waals surface area contributed by atoms with E-state index >= 15 is 0 Å². The fourth-order valence-corrected chi connectivity index (χ4v) is 6.86. The van der Waals surface area contributed by atoms with Gasteiger partial charge in [-0.1, -0.05) is 25.8 Å². The number of ether oxygens (including phenoxy) is 1. The van der Waals surface area contributed by atoms with Crippen molar-refractivity contribution in [3.8, 4) is 0 Å². The normalized spacial score (nSPS) is 27.6. The summed E-state index contributed by atoms with van der Waals surface area (Å²) < 4.78 is 48.9. The van der Waals surface area contributed by atoms with Crippen LogP contribution in [0.4, 0.5) is 13.2 Å². The number of rotatable bonds is 9. The van der Waals surface area contributed by atoms with Gasteiger partial charge in [-0.3, -0.25) is 14.6 Å². The van der Waals surface area contributed by atoms with Crippen molar-refractivity contribution in [2.24, 2.45) is 5.41 Å². The number of likely N-dealkylation sites (tertiary alicyclic amines) is 1. The van der Waals surface area contributed by atoms with Crippen LogP contribution in [0.5, 0.6) is 0 Å². The van der Waals surface area contributed by atoms with E-state index in [1.807, 2.05) is 44.0 Å². The number of aromatic nitrogens is 1. The van der Waals surface area contributed by atoms with Crippen LogP contribution in [-0.4, -0.2) is 96.1 Å². The molecule has 1 aromatic heterocycles. The standard InChI is InChI=1S/C31H43F3N6O3/c1-4-23-21-39(28(42)29(31(32,33)34)12-6-7-13-29)17-18-40(23)25-10-14-30(43-5-2,22-9-8-15-35-19-22)37-26(25)27(41)36-20-24-11-16-38(24)3/h8-10,14-15,19,23-24,37H,4-7,11-13,16-18,20-21H2,1-3H3,(H,36,41)/t23-,24+,30?/m1/s1. The average Bonchev–Trinajstić information content (AvgIpc) is 3.52. The number of halogens is 3. The number of allylic oxidation sites excluding steroid dienone is 1. The van der Waals surface area contributed by atoms with Crippen molar-refractivity contribution >= 4 is 11.8 Å². The molecule has 3 aliphatic heterocycles. The highest BCUT2D eigenvalue weighted by Crippen LogP contribution is 2.52. The Hall–Kier alpha value is -3.12. The summed E-state index contributed by atoms with van der Waals surface area (Å²) in [6.07, 6.45) is 4.58. The number of hydrogen-bond acceptors (Lipinski definition) is 7. The third kappa shape index (κ3) is 5.87. The van der Waals surface area contributed by atoms with Crippen LogP contribution in [0.3, 0.4) is 0 Å². The highest BCUT2D eigenvalue weighted by molar-refractivity contribution is 5.94. The number of alkyl halides is 3. The van der Waals surface area contributed by atoms with E-state index in [-0.39, 0.29) is 43.9 Å². The summed E-state index contributed by atoms with van der Waals surface area (Å²) >= 11 is 0. The van der Waals surface area contributed by atoms with Gasteiger partial charge in [0.25, 0.3) is 5.91 Å². The molecule has 3 atom stereocenters. The van der Waals surface area contributed by atoms with Gasteiger partial charge < -0.3 is 30.1 Å². The SMILES string of the molecule is CCOC1(c2cccnc2)C=CC(N2CCN(C(=O)C3(C(F)(F)F)CCCC3)C[C@H]2CC)=C(C(=O)NC[C@@H]2CCN2C)N1. The highest BCUT2D eigenvalue weighted by Gasteiger charge is 2.62. The molecule has 1 unspecified atom stereocenters. The van der Waals surface area contributed by atoms with Gasteiger partial charge in [-0.2, -0.15) is 13.2 Å². The largest absolute Gasteiger partial charge is 0.403 e. The van der Waals surface area contributed by atoms with Crippen LogP contribution in [0.25, 0.3) is 0 Å². The predicted octanol–water partition coefficient (Wildman–Crippen LogP) is 3.51. The summed E-state index contributed by atoms with van der Waals surface area (Å²) in [4.78, 5) is 37.2. The van der Waals surface area contributed by atoms with Gasteiger partial charge in [0.1, 0.15) is 11.1 Å².